The van der Waals surface area contributed by atoms with E-state index in [4.69, 9.17) is 9.47 Å². The van der Waals surface area contributed by atoms with Gasteiger partial charge in [0.25, 0.3) is 0 Å². The molecule has 0 bridgehead atoms. The summed E-state index contributed by atoms with van der Waals surface area (Å²) in [5, 5.41) is 9.72. The maximum absolute atomic E-state index is 12.4. The number of ether oxygens (including phenoxy) is 2. The lowest BCUT2D eigenvalue weighted by molar-refractivity contribution is -0.161. The topological polar surface area (TPSA) is 72.8 Å². The SMILES string of the molecule is CC/C=C\C/C=C\C/C=C\C/C=C\C/C=C\C/C=C\C/C=C\CCCCCCCCCCCCCC(=O)OC(CO)COC(=O)CCCCCCCCCCCCCCCCCCCCCCCCCCCCCCCCCCCCCCCCCC. The van der Waals surface area contributed by atoms with Gasteiger partial charge < -0.3 is 14.6 Å². The van der Waals surface area contributed by atoms with E-state index in [0.29, 0.717) is 12.8 Å². The van der Waals surface area contributed by atoms with Gasteiger partial charge in [-0.15, -0.1) is 0 Å². The van der Waals surface area contributed by atoms with Crippen LogP contribution in [0.4, 0.5) is 0 Å². The van der Waals surface area contributed by atoms with Crippen molar-refractivity contribution in [1.82, 2.24) is 0 Å². The van der Waals surface area contributed by atoms with Crippen LogP contribution in [0.15, 0.2) is 85.1 Å². The highest BCUT2D eigenvalue weighted by Crippen LogP contribution is 2.19. The summed E-state index contributed by atoms with van der Waals surface area (Å²) in [6.45, 7) is 4.08. The molecule has 0 aliphatic heterocycles. The lowest BCUT2D eigenvalue weighted by atomic mass is 10.0. The summed E-state index contributed by atoms with van der Waals surface area (Å²) in [7, 11) is 0. The number of hydrogen-bond acceptors (Lipinski definition) is 5. The summed E-state index contributed by atoms with van der Waals surface area (Å²) in [5.41, 5.74) is 0. The largest absolute Gasteiger partial charge is 0.462 e. The zero-order valence-corrected chi connectivity index (χ0v) is 58.3. The average Bonchev–Trinajstić information content (AvgIpc) is 3.53. The molecule has 0 saturated carbocycles. The molecule has 0 aromatic heterocycles. The Morgan fingerprint density at radius 3 is 0.747 bits per heavy atom. The number of aliphatic hydroxyl groups excluding tert-OH is 1. The maximum atomic E-state index is 12.4. The third kappa shape index (κ3) is 75.5. The standard InChI is InChI=1S/C82H148O5/c1-3-5-7-9-11-13-15-17-19-21-23-25-27-29-31-33-35-37-38-39-40-41-42-43-45-46-48-50-52-54-56-58-60-62-64-66-68-70-72-74-76-81(84)86-79-80(78-83)87-82(85)77-75-73-71-69-67-65-63-61-59-57-55-53-51-49-47-44-36-34-32-30-28-26-24-22-20-18-16-14-12-10-8-6-4-2/h6,8,12,14,18,20,24,26,30,32,36,44,49,51,80,83H,3-5,7,9-11,13,15-17,19,21-23,25,27-29,31,33-35,37-43,45-48,50,52-79H2,1-2H3/b8-6-,14-12-,20-18-,26-24-,32-30-,44-36-,51-49-. The van der Waals surface area contributed by atoms with Crippen molar-refractivity contribution in [2.75, 3.05) is 13.2 Å². The zero-order chi connectivity index (χ0) is 62.6. The predicted molar refractivity (Wildman–Crippen MR) is 385 cm³/mol. The van der Waals surface area contributed by atoms with Crippen molar-refractivity contribution < 1.29 is 24.2 Å². The molecular weight excluding hydrogens is 1060 g/mol. The number of aliphatic hydroxyl groups is 1. The Morgan fingerprint density at radius 2 is 0.494 bits per heavy atom. The molecule has 0 aromatic carbocycles. The van der Waals surface area contributed by atoms with E-state index in [1.807, 2.05) is 0 Å². The van der Waals surface area contributed by atoms with Crippen molar-refractivity contribution in [2.24, 2.45) is 0 Å². The minimum Gasteiger partial charge on any atom is -0.462 e. The van der Waals surface area contributed by atoms with Gasteiger partial charge in [-0.1, -0.05) is 407 Å². The molecule has 0 saturated heterocycles. The molecule has 0 amide bonds. The van der Waals surface area contributed by atoms with E-state index < -0.39 is 6.10 Å². The molecule has 87 heavy (non-hydrogen) atoms. The lowest BCUT2D eigenvalue weighted by Gasteiger charge is -2.15. The van der Waals surface area contributed by atoms with E-state index in [0.717, 1.165) is 83.5 Å². The number of carbonyl (C=O) groups is 2. The van der Waals surface area contributed by atoms with Crippen molar-refractivity contribution in [1.29, 1.82) is 0 Å². The van der Waals surface area contributed by atoms with Gasteiger partial charge in [-0.25, -0.2) is 0 Å². The summed E-state index contributed by atoms with van der Waals surface area (Å²) >= 11 is 0. The molecule has 0 spiro atoms. The van der Waals surface area contributed by atoms with E-state index >= 15 is 0 Å². The van der Waals surface area contributed by atoms with Crippen molar-refractivity contribution >= 4 is 11.9 Å². The van der Waals surface area contributed by atoms with Crippen LogP contribution < -0.4 is 0 Å². The second-order valence-electron chi connectivity index (χ2n) is 26.1. The number of rotatable bonds is 72. The summed E-state index contributed by atoms with van der Waals surface area (Å²) < 4.78 is 10.8. The minimum atomic E-state index is -0.778. The molecule has 0 aromatic rings. The third-order valence-corrected chi connectivity index (χ3v) is 17.5. The number of carbonyl (C=O) groups excluding carboxylic acids is 2. The fraction of sp³-hybridized carbons (Fsp3) is 0.805. The average molecular weight is 1210 g/mol. The molecule has 506 valence electrons. The molecule has 0 aliphatic carbocycles. The molecule has 0 fully saturated rings. The van der Waals surface area contributed by atoms with Crippen LogP contribution in [0, 0.1) is 0 Å². The quantitative estimate of drug-likeness (QED) is 0.0373. The second-order valence-corrected chi connectivity index (χ2v) is 26.1. The van der Waals surface area contributed by atoms with Gasteiger partial charge in [-0.3, -0.25) is 9.59 Å². The summed E-state index contributed by atoms with van der Waals surface area (Å²) in [5.74, 6) is -0.578. The lowest BCUT2D eigenvalue weighted by Crippen LogP contribution is -2.28. The third-order valence-electron chi connectivity index (χ3n) is 17.5. The Kier molecular flexibility index (Phi) is 74.7. The molecule has 0 aliphatic rings. The van der Waals surface area contributed by atoms with Gasteiger partial charge in [0.1, 0.15) is 6.61 Å². The summed E-state index contributed by atoms with van der Waals surface area (Å²) in [6.07, 6.45) is 109. The highest BCUT2D eigenvalue weighted by Gasteiger charge is 2.16. The zero-order valence-electron chi connectivity index (χ0n) is 58.3. The number of allylic oxidation sites excluding steroid dienone is 14. The first-order valence-electron chi connectivity index (χ1n) is 38.6. The Bertz CT molecular complexity index is 1570. The van der Waals surface area contributed by atoms with Crippen molar-refractivity contribution in [2.45, 2.75) is 412 Å². The number of hydrogen-bond donors (Lipinski definition) is 1. The van der Waals surface area contributed by atoms with Crippen LogP contribution in [0.3, 0.4) is 0 Å². The van der Waals surface area contributed by atoms with Gasteiger partial charge in [0.2, 0.25) is 0 Å². The van der Waals surface area contributed by atoms with Crippen LogP contribution in [0.2, 0.25) is 0 Å². The van der Waals surface area contributed by atoms with Gasteiger partial charge in [0, 0.05) is 12.8 Å². The molecule has 0 radical (unpaired) electrons. The number of esters is 2. The normalized spacial score (nSPS) is 12.6. The predicted octanol–water partition coefficient (Wildman–Crippen LogP) is 27.2. The first-order chi connectivity index (χ1) is 43.1. The van der Waals surface area contributed by atoms with Crippen LogP contribution >= 0.6 is 0 Å². The molecule has 1 atom stereocenters. The Balaban J connectivity index is 3.41. The Morgan fingerprint density at radius 1 is 0.276 bits per heavy atom. The molecule has 5 nitrogen and oxygen atoms in total. The molecule has 0 heterocycles. The van der Waals surface area contributed by atoms with Crippen LogP contribution in [0.25, 0.3) is 0 Å². The van der Waals surface area contributed by atoms with Crippen LogP contribution in [0.5, 0.6) is 0 Å². The molecule has 0 rings (SSSR count). The van der Waals surface area contributed by atoms with Crippen LogP contribution in [0.1, 0.15) is 406 Å². The Hall–Kier alpha value is -2.92. The van der Waals surface area contributed by atoms with Crippen LogP contribution in [-0.4, -0.2) is 36.4 Å². The van der Waals surface area contributed by atoms with Crippen molar-refractivity contribution in [3.05, 3.63) is 85.1 Å². The molecule has 1 unspecified atom stereocenters. The van der Waals surface area contributed by atoms with E-state index in [-0.39, 0.29) is 25.2 Å². The second kappa shape index (κ2) is 77.3. The maximum Gasteiger partial charge on any atom is 0.306 e. The molecular formula is C82H148O5. The van der Waals surface area contributed by atoms with E-state index in [2.05, 4.69) is 98.9 Å². The van der Waals surface area contributed by atoms with Crippen LogP contribution in [-0.2, 0) is 19.1 Å². The van der Waals surface area contributed by atoms with Crippen molar-refractivity contribution in [3.63, 3.8) is 0 Å². The number of unbranched alkanes of at least 4 members (excludes halogenated alkanes) is 50. The fourth-order valence-electron chi connectivity index (χ4n) is 11.7. The van der Waals surface area contributed by atoms with E-state index in [1.54, 1.807) is 0 Å². The highest BCUT2D eigenvalue weighted by atomic mass is 16.6. The smallest absolute Gasteiger partial charge is 0.306 e. The van der Waals surface area contributed by atoms with Crippen molar-refractivity contribution in [3.8, 4) is 0 Å². The fourth-order valence-corrected chi connectivity index (χ4v) is 11.7. The monoisotopic (exact) mass is 1210 g/mol. The highest BCUT2D eigenvalue weighted by molar-refractivity contribution is 5.70. The first-order valence-corrected chi connectivity index (χ1v) is 38.6. The van der Waals surface area contributed by atoms with E-state index in [9.17, 15) is 14.7 Å². The minimum absolute atomic E-state index is 0.0659. The van der Waals surface area contributed by atoms with E-state index in [1.165, 1.54) is 295 Å². The van der Waals surface area contributed by atoms with Gasteiger partial charge in [-0.2, -0.15) is 0 Å². The van der Waals surface area contributed by atoms with Gasteiger partial charge >= 0.3 is 11.9 Å². The molecule has 1 N–H and O–H groups in total. The Labute approximate surface area is 543 Å². The van der Waals surface area contributed by atoms with Gasteiger partial charge in [-0.05, 0) is 70.6 Å². The summed E-state index contributed by atoms with van der Waals surface area (Å²) in [6, 6.07) is 0. The molecule has 5 heteroatoms. The first kappa shape index (κ1) is 84.1. The summed E-state index contributed by atoms with van der Waals surface area (Å²) in [4.78, 5) is 24.7. The van der Waals surface area contributed by atoms with Gasteiger partial charge in [0.05, 0.1) is 6.61 Å². The van der Waals surface area contributed by atoms with Gasteiger partial charge in [0.15, 0.2) is 6.10 Å².